The third-order valence-electron chi connectivity index (χ3n) is 1.74. The third kappa shape index (κ3) is 3.10. The van der Waals surface area contributed by atoms with E-state index in [0.29, 0.717) is 6.54 Å². The van der Waals surface area contributed by atoms with Gasteiger partial charge in [-0.1, -0.05) is 19.1 Å². The normalized spacial score (nSPS) is 11.6. The van der Waals surface area contributed by atoms with Gasteiger partial charge in [0.15, 0.2) is 0 Å². The van der Waals surface area contributed by atoms with E-state index in [9.17, 15) is 8.42 Å². The van der Waals surface area contributed by atoms with Crippen LogP contribution in [0.25, 0.3) is 0 Å². The van der Waals surface area contributed by atoms with Crippen molar-refractivity contribution in [2.45, 2.75) is 18.4 Å². The molecule has 1 aromatic rings. The average molecular weight is 214 g/mol. The SMILES string of the molecule is CC[N]Cc1ccc(S(=O)(=O)O)cc1. The summed E-state index contributed by atoms with van der Waals surface area (Å²) >= 11 is 0. The predicted molar refractivity (Wildman–Crippen MR) is 52.6 cm³/mol. The minimum atomic E-state index is -4.07. The smallest absolute Gasteiger partial charge is 0.282 e. The molecule has 5 heteroatoms. The number of nitrogens with zero attached hydrogens (tertiary/aromatic N) is 1. The summed E-state index contributed by atoms with van der Waals surface area (Å²) in [4.78, 5) is -0.0854. The first-order valence-corrected chi connectivity index (χ1v) is 5.67. The van der Waals surface area contributed by atoms with Gasteiger partial charge in [0.05, 0.1) is 4.90 Å². The van der Waals surface area contributed by atoms with Gasteiger partial charge in [-0.25, -0.2) is 5.32 Å². The number of rotatable bonds is 4. The summed E-state index contributed by atoms with van der Waals surface area (Å²) in [6, 6.07) is 6.02. The second-order valence-electron chi connectivity index (χ2n) is 2.82. The van der Waals surface area contributed by atoms with Crippen LogP contribution in [0, 0.1) is 0 Å². The van der Waals surface area contributed by atoms with Gasteiger partial charge in [0.25, 0.3) is 10.1 Å². The van der Waals surface area contributed by atoms with Crippen molar-refractivity contribution < 1.29 is 13.0 Å². The van der Waals surface area contributed by atoms with Gasteiger partial charge in [0.2, 0.25) is 0 Å². The van der Waals surface area contributed by atoms with E-state index in [0.717, 1.165) is 12.1 Å². The van der Waals surface area contributed by atoms with Crippen molar-refractivity contribution in [3.63, 3.8) is 0 Å². The lowest BCUT2D eigenvalue weighted by Gasteiger charge is -2.01. The Bertz CT molecular complexity index is 383. The molecule has 14 heavy (non-hydrogen) atoms. The number of hydrogen-bond acceptors (Lipinski definition) is 2. The molecule has 0 aliphatic carbocycles. The highest BCUT2D eigenvalue weighted by molar-refractivity contribution is 7.85. The van der Waals surface area contributed by atoms with Gasteiger partial charge in [-0.05, 0) is 17.7 Å². The van der Waals surface area contributed by atoms with Gasteiger partial charge >= 0.3 is 0 Å². The summed E-state index contributed by atoms with van der Waals surface area (Å²) < 4.78 is 30.1. The zero-order valence-corrected chi connectivity index (χ0v) is 8.66. The summed E-state index contributed by atoms with van der Waals surface area (Å²) in [5.74, 6) is 0. The first kappa shape index (κ1) is 11.2. The Morgan fingerprint density at radius 3 is 2.29 bits per heavy atom. The minimum Gasteiger partial charge on any atom is -0.282 e. The van der Waals surface area contributed by atoms with Crippen LogP contribution in [0.4, 0.5) is 0 Å². The van der Waals surface area contributed by atoms with E-state index in [1.807, 2.05) is 6.92 Å². The van der Waals surface area contributed by atoms with Crippen molar-refractivity contribution in [1.29, 1.82) is 0 Å². The third-order valence-corrected chi connectivity index (χ3v) is 2.61. The van der Waals surface area contributed by atoms with E-state index in [4.69, 9.17) is 4.55 Å². The lowest BCUT2D eigenvalue weighted by Crippen LogP contribution is -2.04. The minimum absolute atomic E-state index is 0.0854. The van der Waals surface area contributed by atoms with E-state index in [1.54, 1.807) is 12.1 Å². The van der Waals surface area contributed by atoms with Crippen LogP contribution in [0.3, 0.4) is 0 Å². The summed E-state index contributed by atoms with van der Waals surface area (Å²) in [6.45, 7) is 3.24. The Labute approximate surface area is 83.7 Å². The van der Waals surface area contributed by atoms with E-state index in [1.165, 1.54) is 12.1 Å². The summed E-state index contributed by atoms with van der Waals surface area (Å²) in [7, 11) is -4.07. The Morgan fingerprint density at radius 1 is 1.29 bits per heavy atom. The average Bonchev–Trinajstić information content (AvgIpc) is 2.14. The summed E-state index contributed by atoms with van der Waals surface area (Å²) in [6.07, 6.45) is 0. The molecule has 77 valence electrons. The van der Waals surface area contributed by atoms with Crippen LogP contribution >= 0.6 is 0 Å². The van der Waals surface area contributed by atoms with Crippen molar-refractivity contribution in [3.8, 4) is 0 Å². The maximum Gasteiger partial charge on any atom is 0.294 e. The van der Waals surface area contributed by atoms with Crippen molar-refractivity contribution in [3.05, 3.63) is 29.8 Å². The van der Waals surface area contributed by atoms with Gasteiger partial charge in [0, 0.05) is 13.1 Å². The molecule has 0 aliphatic heterocycles. The Hall–Kier alpha value is -0.910. The van der Waals surface area contributed by atoms with Crippen LogP contribution in [-0.2, 0) is 16.7 Å². The molecule has 1 aromatic carbocycles. The lowest BCUT2D eigenvalue weighted by atomic mass is 10.2. The van der Waals surface area contributed by atoms with Gasteiger partial charge in [0.1, 0.15) is 0 Å². The van der Waals surface area contributed by atoms with Gasteiger partial charge in [-0.15, -0.1) is 0 Å². The fourth-order valence-electron chi connectivity index (χ4n) is 1.01. The van der Waals surface area contributed by atoms with Crippen molar-refractivity contribution in [2.75, 3.05) is 6.54 Å². The molecule has 0 unspecified atom stereocenters. The van der Waals surface area contributed by atoms with Crippen LogP contribution < -0.4 is 5.32 Å². The molecule has 0 aliphatic rings. The van der Waals surface area contributed by atoms with E-state index in [2.05, 4.69) is 5.32 Å². The van der Waals surface area contributed by atoms with Crippen LogP contribution in [0.15, 0.2) is 29.2 Å². The largest absolute Gasteiger partial charge is 0.294 e. The fraction of sp³-hybridized carbons (Fsp3) is 0.333. The van der Waals surface area contributed by atoms with E-state index in [-0.39, 0.29) is 4.90 Å². The Morgan fingerprint density at radius 2 is 1.86 bits per heavy atom. The van der Waals surface area contributed by atoms with Crippen LogP contribution in [0.2, 0.25) is 0 Å². The zero-order chi connectivity index (χ0) is 10.6. The molecule has 0 heterocycles. The van der Waals surface area contributed by atoms with Crippen LogP contribution in [0.5, 0.6) is 0 Å². The molecule has 1 radical (unpaired) electrons. The topological polar surface area (TPSA) is 68.5 Å². The molecule has 1 N–H and O–H groups in total. The predicted octanol–water partition coefficient (Wildman–Crippen LogP) is 1.06. The maximum atomic E-state index is 10.7. The van der Waals surface area contributed by atoms with Crippen molar-refractivity contribution in [2.24, 2.45) is 0 Å². The summed E-state index contributed by atoms with van der Waals surface area (Å²) in [5, 5.41) is 4.12. The Kier molecular flexibility index (Phi) is 3.62. The van der Waals surface area contributed by atoms with Gasteiger partial charge < -0.3 is 0 Å². The van der Waals surface area contributed by atoms with E-state index >= 15 is 0 Å². The van der Waals surface area contributed by atoms with Gasteiger partial charge in [-0.2, -0.15) is 8.42 Å². The molecular weight excluding hydrogens is 202 g/mol. The summed E-state index contributed by atoms with van der Waals surface area (Å²) in [5.41, 5.74) is 0.930. The fourth-order valence-corrected chi connectivity index (χ4v) is 1.49. The molecular formula is C9H12NO3S. The molecule has 0 spiro atoms. The first-order chi connectivity index (χ1) is 6.54. The molecule has 0 amide bonds. The molecule has 0 atom stereocenters. The molecule has 0 saturated carbocycles. The number of hydrogen-bond donors (Lipinski definition) is 1. The standard InChI is InChI=1S/C9H12NO3S/c1-2-10-7-8-3-5-9(6-4-8)14(11,12)13/h3-6H,2,7H2,1H3,(H,11,12,13). The van der Waals surface area contributed by atoms with Crippen LogP contribution in [-0.4, -0.2) is 19.5 Å². The van der Waals surface area contributed by atoms with Crippen molar-refractivity contribution >= 4 is 10.1 Å². The second-order valence-corrected chi connectivity index (χ2v) is 4.24. The quantitative estimate of drug-likeness (QED) is 0.762. The molecule has 0 bridgehead atoms. The molecule has 4 nitrogen and oxygen atoms in total. The molecule has 0 aromatic heterocycles. The van der Waals surface area contributed by atoms with E-state index < -0.39 is 10.1 Å². The molecule has 1 rings (SSSR count). The van der Waals surface area contributed by atoms with Crippen molar-refractivity contribution in [1.82, 2.24) is 5.32 Å². The first-order valence-electron chi connectivity index (χ1n) is 4.23. The van der Waals surface area contributed by atoms with Crippen LogP contribution in [0.1, 0.15) is 12.5 Å². The highest BCUT2D eigenvalue weighted by atomic mass is 32.2. The highest BCUT2D eigenvalue weighted by Gasteiger charge is 2.07. The lowest BCUT2D eigenvalue weighted by molar-refractivity contribution is 0.483. The molecule has 0 saturated heterocycles. The number of benzene rings is 1. The van der Waals surface area contributed by atoms with Gasteiger partial charge in [-0.3, -0.25) is 4.55 Å². The second kappa shape index (κ2) is 4.54. The molecule has 0 fully saturated rings. The maximum absolute atomic E-state index is 10.7. The monoisotopic (exact) mass is 214 g/mol. The zero-order valence-electron chi connectivity index (χ0n) is 7.84. The Balaban J connectivity index is 2.79. The highest BCUT2D eigenvalue weighted by Crippen LogP contribution is 2.09.